The fourth-order valence-electron chi connectivity index (χ4n) is 3.65. The van der Waals surface area contributed by atoms with E-state index in [4.69, 9.17) is 9.47 Å². The van der Waals surface area contributed by atoms with Crippen LogP contribution in [0.4, 0.5) is 0 Å². The van der Waals surface area contributed by atoms with E-state index < -0.39 is 0 Å². The molecule has 1 fully saturated rings. The van der Waals surface area contributed by atoms with E-state index in [0.717, 1.165) is 31.1 Å². The van der Waals surface area contributed by atoms with Crippen LogP contribution in [0.2, 0.25) is 0 Å². The van der Waals surface area contributed by atoms with Gasteiger partial charge in [-0.2, -0.15) is 5.10 Å². The first-order valence-electron chi connectivity index (χ1n) is 8.95. The van der Waals surface area contributed by atoms with Crippen molar-refractivity contribution in [2.24, 2.45) is 5.92 Å². The molecule has 130 valence electrons. The normalized spacial score (nSPS) is 20.8. The van der Waals surface area contributed by atoms with E-state index in [9.17, 15) is 0 Å². The number of hydrogen-bond donors (Lipinski definition) is 0. The summed E-state index contributed by atoms with van der Waals surface area (Å²) in [6.45, 7) is 3.91. The van der Waals surface area contributed by atoms with Crippen molar-refractivity contribution in [2.75, 3.05) is 13.7 Å². The second-order valence-corrected chi connectivity index (χ2v) is 6.50. The van der Waals surface area contributed by atoms with Crippen LogP contribution in [0.15, 0.2) is 30.7 Å². The lowest BCUT2D eigenvalue weighted by molar-refractivity contribution is 0.180. The van der Waals surface area contributed by atoms with Crippen LogP contribution in [0.1, 0.15) is 50.6 Å². The minimum Gasteiger partial charge on any atom is -0.495 e. The summed E-state index contributed by atoms with van der Waals surface area (Å²) in [6.07, 6.45) is 11.5. The summed E-state index contributed by atoms with van der Waals surface area (Å²) in [5.74, 6) is 2.57. The molecule has 5 heteroatoms. The monoisotopic (exact) mass is 329 g/mol. The Labute approximate surface area is 144 Å². The largest absolute Gasteiger partial charge is 0.495 e. The molecule has 2 aromatic rings. The molecule has 0 saturated heterocycles. The van der Waals surface area contributed by atoms with Gasteiger partial charge in [-0.1, -0.05) is 19.8 Å². The van der Waals surface area contributed by atoms with Crippen molar-refractivity contribution in [3.63, 3.8) is 0 Å². The van der Waals surface area contributed by atoms with Crippen LogP contribution in [0.25, 0.3) is 0 Å². The molecule has 1 saturated carbocycles. The van der Waals surface area contributed by atoms with Crippen LogP contribution >= 0.6 is 0 Å². The number of aryl methyl sites for hydroxylation is 1. The second kappa shape index (κ2) is 8.18. The molecular formula is C19H27N3O2. The van der Waals surface area contributed by atoms with Gasteiger partial charge in [-0.25, -0.2) is 0 Å². The molecule has 0 bridgehead atoms. The number of pyridine rings is 1. The van der Waals surface area contributed by atoms with Crippen molar-refractivity contribution in [3.05, 3.63) is 36.4 Å². The highest BCUT2D eigenvalue weighted by molar-refractivity contribution is 5.28. The smallest absolute Gasteiger partial charge is 0.141 e. The van der Waals surface area contributed by atoms with Crippen molar-refractivity contribution >= 4 is 0 Å². The summed E-state index contributed by atoms with van der Waals surface area (Å²) in [4.78, 5) is 4.16. The molecule has 1 aliphatic carbocycles. The van der Waals surface area contributed by atoms with E-state index in [1.54, 1.807) is 19.5 Å². The van der Waals surface area contributed by atoms with Crippen LogP contribution in [0.3, 0.4) is 0 Å². The van der Waals surface area contributed by atoms with Gasteiger partial charge >= 0.3 is 0 Å². The SMILES string of the molecule is CCCn1nccc1C1CCCCC1COc1cncc(OC)c1. The summed E-state index contributed by atoms with van der Waals surface area (Å²) >= 11 is 0. The third-order valence-electron chi connectivity index (χ3n) is 4.86. The minimum atomic E-state index is 0.525. The maximum Gasteiger partial charge on any atom is 0.141 e. The van der Waals surface area contributed by atoms with Gasteiger partial charge in [0.1, 0.15) is 11.5 Å². The molecule has 0 aliphatic heterocycles. The summed E-state index contributed by atoms with van der Waals surface area (Å²) in [6, 6.07) is 4.08. The van der Waals surface area contributed by atoms with Crippen LogP contribution in [-0.2, 0) is 6.54 Å². The first-order valence-corrected chi connectivity index (χ1v) is 8.95. The highest BCUT2D eigenvalue weighted by atomic mass is 16.5. The Morgan fingerprint density at radius 1 is 1.21 bits per heavy atom. The maximum absolute atomic E-state index is 6.04. The van der Waals surface area contributed by atoms with E-state index in [1.807, 2.05) is 12.3 Å². The Bertz CT molecular complexity index is 641. The molecule has 5 nitrogen and oxygen atoms in total. The Hall–Kier alpha value is -2.04. The fraction of sp³-hybridized carbons (Fsp3) is 0.579. The van der Waals surface area contributed by atoms with Crippen molar-refractivity contribution in [1.82, 2.24) is 14.8 Å². The van der Waals surface area contributed by atoms with Crippen molar-refractivity contribution < 1.29 is 9.47 Å². The Balaban J connectivity index is 1.69. The second-order valence-electron chi connectivity index (χ2n) is 6.50. The Morgan fingerprint density at radius 3 is 2.88 bits per heavy atom. The van der Waals surface area contributed by atoms with Gasteiger partial charge in [0.05, 0.1) is 26.1 Å². The van der Waals surface area contributed by atoms with Crippen LogP contribution in [0.5, 0.6) is 11.5 Å². The van der Waals surface area contributed by atoms with Crippen molar-refractivity contribution in [1.29, 1.82) is 0 Å². The third kappa shape index (κ3) is 3.89. The van der Waals surface area contributed by atoms with E-state index in [-0.39, 0.29) is 0 Å². The zero-order valence-electron chi connectivity index (χ0n) is 14.6. The average Bonchev–Trinajstić information content (AvgIpc) is 3.09. The first-order chi connectivity index (χ1) is 11.8. The van der Waals surface area contributed by atoms with Crippen molar-refractivity contribution in [2.45, 2.75) is 51.5 Å². The van der Waals surface area contributed by atoms with Gasteiger partial charge < -0.3 is 9.47 Å². The number of ether oxygens (including phenoxy) is 2. The van der Waals surface area contributed by atoms with Gasteiger partial charge in [-0.15, -0.1) is 0 Å². The van der Waals surface area contributed by atoms with Gasteiger partial charge in [0.2, 0.25) is 0 Å². The quantitative estimate of drug-likeness (QED) is 0.769. The average molecular weight is 329 g/mol. The number of hydrogen-bond acceptors (Lipinski definition) is 4. The molecule has 3 rings (SSSR count). The lowest BCUT2D eigenvalue weighted by Gasteiger charge is -2.31. The molecule has 2 aromatic heterocycles. The van der Waals surface area contributed by atoms with Gasteiger partial charge in [-0.05, 0) is 25.3 Å². The Morgan fingerprint density at radius 2 is 2.04 bits per heavy atom. The van der Waals surface area contributed by atoms with Crippen LogP contribution in [0, 0.1) is 5.92 Å². The zero-order valence-corrected chi connectivity index (χ0v) is 14.6. The van der Waals surface area contributed by atoms with Gasteiger partial charge in [-0.3, -0.25) is 9.67 Å². The molecular weight excluding hydrogens is 302 g/mol. The molecule has 0 spiro atoms. The van der Waals surface area contributed by atoms with Gasteiger partial charge in [0, 0.05) is 36.3 Å². The lowest BCUT2D eigenvalue weighted by atomic mass is 9.78. The number of methoxy groups -OCH3 is 1. The van der Waals surface area contributed by atoms with Crippen LogP contribution in [-0.4, -0.2) is 28.5 Å². The highest BCUT2D eigenvalue weighted by Gasteiger charge is 2.29. The van der Waals surface area contributed by atoms with E-state index in [1.165, 1.54) is 31.4 Å². The standard InChI is InChI=1S/C19H27N3O2/c1-3-10-22-19(8-9-21-22)18-7-5-4-6-15(18)14-24-17-11-16(23-2)12-20-13-17/h8-9,11-13,15,18H,3-7,10,14H2,1-2H3. The summed E-state index contributed by atoms with van der Waals surface area (Å²) in [5, 5.41) is 4.51. The molecule has 0 N–H and O–H groups in total. The molecule has 0 amide bonds. The Kier molecular flexibility index (Phi) is 5.72. The van der Waals surface area contributed by atoms with Crippen LogP contribution < -0.4 is 9.47 Å². The maximum atomic E-state index is 6.04. The summed E-state index contributed by atoms with van der Waals surface area (Å²) in [5.41, 5.74) is 1.37. The number of aromatic nitrogens is 3. The van der Waals surface area contributed by atoms with E-state index >= 15 is 0 Å². The number of rotatable bonds is 7. The summed E-state index contributed by atoms with van der Waals surface area (Å²) in [7, 11) is 1.65. The molecule has 1 aliphatic rings. The first kappa shape index (κ1) is 16.8. The van der Waals surface area contributed by atoms with E-state index in [2.05, 4.69) is 27.8 Å². The molecule has 2 heterocycles. The molecule has 0 radical (unpaired) electrons. The van der Waals surface area contributed by atoms with Gasteiger partial charge in [0.25, 0.3) is 0 Å². The van der Waals surface area contributed by atoms with E-state index in [0.29, 0.717) is 11.8 Å². The molecule has 0 aromatic carbocycles. The topological polar surface area (TPSA) is 49.2 Å². The molecule has 2 unspecified atom stereocenters. The molecule has 2 atom stereocenters. The number of nitrogens with zero attached hydrogens (tertiary/aromatic N) is 3. The van der Waals surface area contributed by atoms with Crippen molar-refractivity contribution in [3.8, 4) is 11.5 Å². The predicted molar refractivity (Wildman–Crippen MR) is 93.5 cm³/mol. The zero-order chi connectivity index (χ0) is 16.8. The summed E-state index contributed by atoms with van der Waals surface area (Å²) < 4.78 is 13.4. The third-order valence-corrected chi connectivity index (χ3v) is 4.86. The fourth-order valence-corrected chi connectivity index (χ4v) is 3.65. The lowest BCUT2D eigenvalue weighted by Crippen LogP contribution is -2.26. The predicted octanol–water partition coefficient (Wildman–Crippen LogP) is 4.05. The molecule has 24 heavy (non-hydrogen) atoms. The minimum absolute atomic E-state index is 0.525. The van der Waals surface area contributed by atoms with Gasteiger partial charge in [0.15, 0.2) is 0 Å². The highest BCUT2D eigenvalue weighted by Crippen LogP contribution is 2.38.